The first kappa shape index (κ1) is 13.8. The van der Waals surface area contributed by atoms with Crippen molar-refractivity contribution in [3.8, 4) is 5.88 Å². The van der Waals surface area contributed by atoms with Crippen molar-refractivity contribution in [2.75, 3.05) is 14.2 Å². The average Bonchev–Trinajstić information content (AvgIpc) is 2.30. The van der Waals surface area contributed by atoms with Gasteiger partial charge in [-0.3, -0.25) is 4.79 Å². The maximum atomic E-state index is 12.7. The SMILES string of the molecule is COC(=O)Cc1cc(C(F)F)c(OC)nc1Br. The Balaban J connectivity index is 3.15. The number of halogens is 3. The second kappa shape index (κ2) is 5.90. The Kier molecular flexibility index (Phi) is 4.80. The van der Waals surface area contributed by atoms with Gasteiger partial charge in [0, 0.05) is 0 Å². The number of carbonyl (C=O) groups excluding carboxylic acids is 1. The molecule has 17 heavy (non-hydrogen) atoms. The molecule has 0 aliphatic heterocycles. The van der Waals surface area contributed by atoms with E-state index in [1.165, 1.54) is 20.3 Å². The van der Waals surface area contributed by atoms with Crippen LogP contribution < -0.4 is 4.74 Å². The maximum absolute atomic E-state index is 12.7. The van der Waals surface area contributed by atoms with E-state index in [-0.39, 0.29) is 22.5 Å². The first-order chi connectivity index (χ1) is 7.99. The Hall–Kier alpha value is -1.24. The van der Waals surface area contributed by atoms with Crippen LogP contribution in [0.15, 0.2) is 10.7 Å². The molecule has 0 aliphatic rings. The summed E-state index contributed by atoms with van der Waals surface area (Å²) in [7, 11) is 2.47. The van der Waals surface area contributed by atoms with Gasteiger partial charge in [-0.05, 0) is 27.6 Å². The highest BCUT2D eigenvalue weighted by molar-refractivity contribution is 9.10. The smallest absolute Gasteiger partial charge is 0.310 e. The van der Waals surface area contributed by atoms with Crippen LogP contribution in [0.4, 0.5) is 8.78 Å². The van der Waals surface area contributed by atoms with E-state index in [0.717, 1.165) is 0 Å². The van der Waals surface area contributed by atoms with Crippen LogP contribution in [0.2, 0.25) is 0 Å². The van der Waals surface area contributed by atoms with Crippen molar-refractivity contribution >= 4 is 21.9 Å². The summed E-state index contributed by atoms with van der Waals surface area (Å²) in [6.45, 7) is 0. The molecule has 0 saturated carbocycles. The minimum atomic E-state index is -2.72. The number of esters is 1. The van der Waals surface area contributed by atoms with Crippen molar-refractivity contribution in [2.24, 2.45) is 0 Å². The molecular formula is C10H10BrF2NO3. The van der Waals surface area contributed by atoms with Crippen molar-refractivity contribution < 1.29 is 23.0 Å². The topological polar surface area (TPSA) is 48.4 Å². The minimum Gasteiger partial charge on any atom is -0.481 e. The number of rotatable bonds is 4. The minimum absolute atomic E-state index is 0.131. The van der Waals surface area contributed by atoms with Crippen molar-refractivity contribution in [2.45, 2.75) is 12.8 Å². The van der Waals surface area contributed by atoms with E-state index in [1.54, 1.807) is 0 Å². The lowest BCUT2D eigenvalue weighted by molar-refractivity contribution is -0.139. The van der Waals surface area contributed by atoms with Crippen LogP contribution in [-0.4, -0.2) is 25.2 Å². The van der Waals surface area contributed by atoms with E-state index in [4.69, 9.17) is 4.74 Å². The van der Waals surface area contributed by atoms with Gasteiger partial charge >= 0.3 is 5.97 Å². The number of methoxy groups -OCH3 is 2. The van der Waals surface area contributed by atoms with Crippen molar-refractivity contribution in [3.63, 3.8) is 0 Å². The van der Waals surface area contributed by atoms with E-state index < -0.39 is 12.4 Å². The Labute approximate surface area is 105 Å². The molecule has 0 spiro atoms. The van der Waals surface area contributed by atoms with Gasteiger partial charge in [0.1, 0.15) is 4.60 Å². The van der Waals surface area contributed by atoms with Crippen LogP contribution in [0.1, 0.15) is 17.6 Å². The second-order valence-electron chi connectivity index (χ2n) is 3.09. The van der Waals surface area contributed by atoms with Gasteiger partial charge in [-0.2, -0.15) is 0 Å². The lowest BCUT2D eigenvalue weighted by Gasteiger charge is -2.10. The van der Waals surface area contributed by atoms with Crippen LogP contribution in [0, 0.1) is 0 Å². The van der Waals surface area contributed by atoms with Gasteiger partial charge in [0.15, 0.2) is 0 Å². The number of ether oxygens (including phenoxy) is 2. The number of pyridine rings is 1. The predicted octanol–water partition coefficient (Wildman–Crippen LogP) is 2.51. The normalized spacial score (nSPS) is 10.5. The number of carbonyl (C=O) groups is 1. The highest BCUT2D eigenvalue weighted by atomic mass is 79.9. The molecule has 94 valence electrons. The van der Waals surface area contributed by atoms with Gasteiger partial charge in [-0.15, -0.1) is 0 Å². The molecule has 1 heterocycles. The highest BCUT2D eigenvalue weighted by Crippen LogP contribution is 2.31. The zero-order valence-corrected chi connectivity index (χ0v) is 10.8. The van der Waals surface area contributed by atoms with Gasteiger partial charge in [0.05, 0.1) is 26.2 Å². The molecule has 0 N–H and O–H groups in total. The molecule has 0 atom stereocenters. The fraction of sp³-hybridized carbons (Fsp3) is 0.400. The summed E-state index contributed by atoms with van der Waals surface area (Å²) >= 11 is 3.09. The van der Waals surface area contributed by atoms with Crippen molar-refractivity contribution in [1.29, 1.82) is 0 Å². The third-order valence-corrected chi connectivity index (χ3v) is 2.72. The van der Waals surface area contributed by atoms with E-state index in [9.17, 15) is 13.6 Å². The number of alkyl halides is 2. The first-order valence-corrected chi connectivity index (χ1v) is 5.37. The number of hydrogen-bond donors (Lipinski definition) is 0. The zero-order valence-electron chi connectivity index (χ0n) is 9.17. The summed E-state index contributed by atoms with van der Waals surface area (Å²) in [5.74, 6) is -0.696. The molecule has 0 bridgehead atoms. The van der Waals surface area contributed by atoms with Crippen LogP contribution in [0.3, 0.4) is 0 Å². The largest absolute Gasteiger partial charge is 0.481 e. The average molecular weight is 310 g/mol. The van der Waals surface area contributed by atoms with Crippen molar-refractivity contribution in [1.82, 2.24) is 4.98 Å². The molecule has 0 fully saturated rings. The van der Waals surface area contributed by atoms with Gasteiger partial charge in [-0.1, -0.05) is 0 Å². The Morgan fingerprint density at radius 1 is 1.53 bits per heavy atom. The molecule has 4 nitrogen and oxygen atoms in total. The quantitative estimate of drug-likeness (QED) is 0.633. The Morgan fingerprint density at radius 2 is 2.18 bits per heavy atom. The highest BCUT2D eigenvalue weighted by Gasteiger charge is 2.19. The van der Waals surface area contributed by atoms with E-state index in [1.807, 2.05) is 0 Å². The summed E-state index contributed by atoms with van der Waals surface area (Å²) in [5, 5.41) is 0. The lowest BCUT2D eigenvalue weighted by Crippen LogP contribution is -2.07. The van der Waals surface area contributed by atoms with Crippen LogP contribution in [0.25, 0.3) is 0 Å². The summed E-state index contributed by atoms with van der Waals surface area (Å²) < 4.78 is 34.9. The van der Waals surface area contributed by atoms with E-state index >= 15 is 0 Å². The number of aromatic nitrogens is 1. The fourth-order valence-corrected chi connectivity index (χ4v) is 1.62. The van der Waals surface area contributed by atoms with Crippen molar-refractivity contribution in [3.05, 3.63) is 21.8 Å². The first-order valence-electron chi connectivity index (χ1n) is 4.57. The van der Waals surface area contributed by atoms with Crippen LogP contribution in [0.5, 0.6) is 5.88 Å². The lowest BCUT2D eigenvalue weighted by atomic mass is 10.1. The molecular weight excluding hydrogens is 300 g/mol. The van der Waals surface area contributed by atoms with Gasteiger partial charge < -0.3 is 9.47 Å². The molecule has 0 radical (unpaired) electrons. The van der Waals surface area contributed by atoms with Gasteiger partial charge in [0.25, 0.3) is 6.43 Å². The molecule has 7 heteroatoms. The fourth-order valence-electron chi connectivity index (χ4n) is 1.21. The molecule has 1 rings (SSSR count). The Morgan fingerprint density at radius 3 is 2.65 bits per heavy atom. The molecule has 1 aromatic heterocycles. The van der Waals surface area contributed by atoms with E-state index in [2.05, 4.69) is 25.7 Å². The standard InChI is InChI=1S/C10H10BrF2NO3/c1-16-7(15)4-5-3-6(9(12)13)10(17-2)14-8(5)11/h3,9H,4H2,1-2H3. The summed E-state index contributed by atoms with van der Waals surface area (Å²) in [5.41, 5.74) is -0.0254. The van der Waals surface area contributed by atoms with E-state index in [0.29, 0.717) is 5.56 Å². The molecule has 0 aromatic carbocycles. The second-order valence-corrected chi connectivity index (χ2v) is 3.84. The Bertz CT molecular complexity index is 426. The third-order valence-electron chi connectivity index (χ3n) is 2.03. The molecule has 1 aromatic rings. The zero-order chi connectivity index (χ0) is 13.0. The predicted molar refractivity (Wildman–Crippen MR) is 59.2 cm³/mol. The van der Waals surface area contributed by atoms with Gasteiger partial charge in [0.2, 0.25) is 5.88 Å². The van der Waals surface area contributed by atoms with Gasteiger partial charge in [-0.25, -0.2) is 13.8 Å². The van der Waals surface area contributed by atoms with Crippen LogP contribution >= 0.6 is 15.9 Å². The molecule has 0 unspecified atom stereocenters. The summed E-state index contributed by atoms with van der Waals surface area (Å²) in [4.78, 5) is 14.9. The number of hydrogen-bond acceptors (Lipinski definition) is 4. The monoisotopic (exact) mass is 309 g/mol. The summed E-state index contributed by atoms with van der Waals surface area (Å²) in [6, 6.07) is 1.18. The molecule has 0 amide bonds. The summed E-state index contributed by atoms with van der Waals surface area (Å²) in [6.07, 6.45) is -2.85. The maximum Gasteiger partial charge on any atom is 0.310 e. The third kappa shape index (κ3) is 3.36. The molecule has 0 aliphatic carbocycles. The molecule has 0 saturated heterocycles. The number of nitrogens with zero attached hydrogens (tertiary/aromatic N) is 1. The van der Waals surface area contributed by atoms with Crippen LogP contribution in [-0.2, 0) is 16.0 Å².